The van der Waals surface area contributed by atoms with Crippen LogP contribution in [0.15, 0.2) is 35.9 Å². The number of fused-ring (bicyclic) bond motifs is 1. The van der Waals surface area contributed by atoms with E-state index in [0.717, 1.165) is 42.6 Å². The molecule has 1 aliphatic heterocycles. The van der Waals surface area contributed by atoms with Gasteiger partial charge in [0.15, 0.2) is 0 Å². The van der Waals surface area contributed by atoms with E-state index in [4.69, 9.17) is 4.74 Å². The normalized spacial score (nSPS) is 26.2. The molecule has 1 aromatic carbocycles. The van der Waals surface area contributed by atoms with Crippen molar-refractivity contribution in [3.8, 4) is 5.75 Å². The van der Waals surface area contributed by atoms with Crippen molar-refractivity contribution in [2.45, 2.75) is 51.4 Å². The summed E-state index contributed by atoms with van der Waals surface area (Å²) in [6, 6.07) is 7.92. The molecule has 1 saturated carbocycles. The first kappa shape index (κ1) is 17.7. The van der Waals surface area contributed by atoms with Crippen LogP contribution in [-0.4, -0.2) is 30.4 Å². The molecule has 0 radical (unpaired) electrons. The standard InChI is InChI=1S/C21H27NO3/c1-15(2)10-12-22-19(23)14-21(11-5-4-9-18(21)20(22)24)16-7-6-8-17(13-16)25-3/h6-8,10,13,18H,4-5,9,11-12,14H2,1-3H3/t18-,21+/m0/s1. The first-order valence-corrected chi connectivity index (χ1v) is 9.10. The van der Waals surface area contributed by atoms with Crippen LogP contribution in [0.3, 0.4) is 0 Å². The van der Waals surface area contributed by atoms with E-state index < -0.39 is 0 Å². The number of hydrogen-bond acceptors (Lipinski definition) is 3. The third kappa shape index (κ3) is 3.22. The van der Waals surface area contributed by atoms with E-state index in [1.165, 1.54) is 4.90 Å². The number of nitrogens with zero attached hydrogens (tertiary/aromatic N) is 1. The maximum Gasteiger partial charge on any atom is 0.233 e. The molecular weight excluding hydrogens is 314 g/mol. The summed E-state index contributed by atoms with van der Waals surface area (Å²) >= 11 is 0. The molecule has 25 heavy (non-hydrogen) atoms. The van der Waals surface area contributed by atoms with Crippen molar-refractivity contribution in [3.05, 3.63) is 41.5 Å². The Kier molecular flexibility index (Phi) is 4.98. The molecule has 0 spiro atoms. The number of hydrogen-bond donors (Lipinski definition) is 0. The molecule has 0 aromatic heterocycles. The monoisotopic (exact) mass is 341 g/mol. The summed E-state index contributed by atoms with van der Waals surface area (Å²) in [6.07, 6.45) is 6.22. The van der Waals surface area contributed by atoms with Gasteiger partial charge >= 0.3 is 0 Å². The summed E-state index contributed by atoms with van der Waals surface area (Å²) in [4.78, 5) is 27.5. The molecule has 2 atom stereocenters. The van der Waals surface area contributed by atoms with Gasteiger partial charge in [-0.2, -0.15) is 0 Å². The number of piperidine rings is 1. The molecule has 0 unspecified atom stereocenters. The molecule has 0 bridgehead atoms. The third-order valence-electron chi connectivity index (χ3n) is 5.69. The second-order valence-corrected chi connectivity index (χ2v) is 7.49. The largest absolute Gasteiger partial charge is 0.497 e. The number of rotatable bonds is 4. The number of carbonyl (C=O) groups is 2. The molecule has 134 valence electrons. The highest BCUT2D eigenvalue weighted by Gasteiger charge is 2.53. The lowest BCUT2D eigenvalue weighted by molar-refractivity contribution is -0.157. The van der Waals surface area contributed by atoms with E-state index in [1.807, 2.05) is 44.2 Å². The summed E-state index contributed by atoms with van der Waals surface area (Å²) in [5.41, 5.74) is 1.82. The highest BCUT2D eigenvalue weighted by molar-refractivity contribution is 6.01. The fraction of sp³-hybridized carbons (Fsp3) is 0.524. The lowest BCUT2D eigenvalue weighted by atomic mass is 9.58. The molecule has 2 fully saturated rings. The third-order valence-corrected chi connectivity index (χ3v) is 5.69. The lowest BCUT2D eigenvalue weighted by Crippen LogP contribution is -2.57. The quantitative estimate of drug-likeness (QED) is 0.617. The van der Waals surface area contributed by atoms with E-state index in [9.17, 15) is 9.59 Å². The van der Waals surface area contributed by atoms with Crippen LogP contribution in [0, 0.1) is 5.92 Å². The van der Waals surface area contributed by atoms with Gasteiger partial charge in [-0.25, -0.2) is 0 Å². The van der Waals surface area contributed by atoms with E-state index in [2.05, 4.69) is 0 Å². The Morgan fingerprint density at radius 3 is 2.84 bits per heavy atom. The summed E-state index contributed by atoms with van der Waals surface area (Å²) in [6.45, 7) is 4.37. The van der Waals surface area contributed by atoms with Gasteiger partial charge in [-0.05, 0) is 44.4 Å². The van der Waals surface area contributed by atoms with Crippen molar-refractivity contribution in [2.24, 2.45) is 5.92 Å². The first-order valence-electron chi connectivity index (χ1n) is 9.10. The van der Waals surface area contributed by atoms with E-state index in [1.54, 1.807) is 7.11 Å². The van der Waals surface area contributed by atoms with E-state index in [-0.39, 0.29) is 23.1 Å². The van der Waals surface area contributed by atoms with Gasteiger partial charge in [-0.3, -0.25) is 14.5 Å². The van der Waals surface area contributed by atoms with Crippen LogP contribution < -0.4 is 4.74 Å². The zero-order valence-corrected chi connectivity index (χ0v) is 15.4. The summed E-state index contributed by atoms with van der Waals surface area (Å²) in [5, 5.41) is 0. The van der Waals surface area contributed by atoms with E-state index in [0.29, 0.717) is 13.0 Å². The van der Waals surface area contributed by atoms with E-state index >= 15 is 0 Å². The Hall–Kier alpha value is -2.10. The summed E-state index contributed by atoms with van der Waals surface area (Å²) in [7, 11) is 1.65. The number of likely N-dealkylation sites (tertiary alicyclic amines) is 1. The number of benzene rings is 1. The zero-order valence-electron chi connectivity index (χ0n) is 15.4. The van der Waals surface area contributed by atoms with Crippen molar-refractivity contribution in [3.63, 3.8) is 0 Å². The predicted molar refractivity (Wildman–Crippen MR) is 97.4 cm³/mol. The maximum atomic E-state index is 13.2. The van der Waals surface area contributed by atoms with Crippen LogP contribution in [0.2, 0.25) is 0 Å². The van der Waals surface area contributed by atoms with Gasteiger partial charge in [0.1, 0.15) is 5.75 Å². The van der Waals surface area contributed by atoms with Gasteiger partial charge in [0.2, 0.25) is 11.8 Å². The minimum absolute atomic E-state index is 0.00345. The van der Waals surface area contributed by atoms with Crippen molar-refractivity contribution in [1.29, 1.82) is 0 Å². The zero-order chi connectivity index (χ0) is 18.0. The fourth-order valence-electron chi connectivity index (χ4n) is 4.33. The smallest absolute Gasteiger partial charge is 0.233 e. The average Bonchev–Trinajstić information content (AvgIpc) is 2.61. The van der Waals surface area contributed by atoms with Crippen molar-refractivity contribution < 1.29 is 14.3 Å². The van der Waals surface area contributed by atoms with Gasteiger partial charge in [0.25, 0.3) is 0 Å². The number of carbonyl (C=O) groups excluding carboxylic acids is 2. The molecular formula is C21H27NO3. The Labute approximate surface area is 149 Å². The second-order valence-electron chi connectivity index (χ2n) is 7.49. The van der Waals surface area contributed by atoms with Gasteiger partial charge in [0, 0.05) is 24.3 Å². The van der Waals surface area contributed by atoms with Gasteiger partial charge in [-0.1, -0.05) is 36.6 Å². The minimum Gasteiger partial charge on any atom is -0.497 e. The molecule has 4 heteroatoms. The summed E-state index contributed by atoms with van der Waals surface area (Å²) < 4.78 is 5.37. The van der Waals surface area contributed by atoms with Crippen molar-refractivity contribution in [1.82, 2.24) is 4.90 Å². The highest BCUT2D eigenvalue weighted by Crippen LogP contribution is 2.50. The Morgan fingerprint density at radius 1 is 1.32 bits per heavy atom. The predicted octanol–water partition coefficient (Wildman–Crippen LogP) is 3.85. The average molecular weight is 341 g/mol. The van der Waals surface area contributed by atoms with Crippen LogP contribution in [0.4, 0.5) is 0 Å². The number of methoxy groups -OCH3 is 1. The van der Waals surface area contributed by atoms with Gasteiger partial charge in [-0.15, -0.1) is 0 Å². The van der Waals surface area contributed by atoms with Crippen LogP contribution in [0.1, 0.15) is 51.5 Å². The molecule has 2 amide bonds. The minimum atomic E-state index is -0.373. The molecule has 1 heterocycles. The van der Waals surface area contributed by atoms with Crippen LogP contribution in [0.5, 0.6) is 5.75 Å². The number of imide groups is 1. The molecule has 1 aromatic rings. The Bertz CT molecular complexity index is 705. The highest BCUT2D eigenvalue weighted by atomic mass is 16.5. The topological polar surface area (TPSA) is 46.6 Å². The van der Waals surface area contributed by atoms with Crippen LogP contribution in [-0.2, 0) is 15.0 Å². The van der Waals surface area contributed by atoms with Gasteiger partial charge in [0.05, 0.1) is 7.11 Å². The molecule has 1 aliphatic carbocycles. The number of ether oxygens (including phenoxy) is 1. The molecule has 4 nitrogen and oxygen atoms in total. The van der Waals surface area contributed by atoms with Crippen LogP contribution >= 0.6 is 0 Å². The van der Waals surface area contributed by atoms with Crippen molar-refractivity contribution in [2.75, 3.05) is 13.7 Å². The van der Waals surface area contributed by atoms with Crippen molar-refractivity contribution >= 4 is 11.8 Å². The molecule has 3 rings (SSSR count). The molecule has 2 aliphatic rings. The van der Waals surface area contributed by atoms with Crippen LogP contribution in [0.25, 0.3) is 0 Å². The molecule has 0 N–H and O–H groups in total. The molecule has 1 saturated heterocycles. The second kappa shape index (κ2) is 7.03. The first-order chi connectivity index (χ1) is 12.0. The fourth-order valence-corrected chi connectivity index (χ4v) is 4.33. The maximum absolute atomic E-state index is 13.2. The SMILES string of the molecule is COc1cccc([C@]23CCCC[C@H]2C(=O)N(CC=C(C)C)C(=O)C3)c1. The Morgan fingerprint density at radius 2 is 2.12 bits per heavy atom. The lowest BCUT2D eigenvalue weighted by Gasteiger charge is -2.49. The number of amides is 2. The summed E-state index contributed by atoms with van der Waals surface area (Å²) in [5.74, 6) is 0.611. The number of allylic oxidation sites excluding steroid dienone is 1. The Balaban J connectivity index is 1.99. The van der Waals surface area contributed by atoms with Gasteiger partial charge < -0.3 is 4.74 Å².